The molecule has 1 nitrogen and oxygen atoms in total. The Morgan fingerprint density at radius 1 is 1.50 bits per heavy atom. The normalized spacial score (nSPS) is 44.5. The van der Waals surface area contributed by atoms with Gasteiger partial charge in [-0.15, -0.1) is 0 Å². The second-order valence-corrected chi connectivity index (χ2v) is 5.57. The highest BCUT2D eigenvalue weighted by Crippen LogP contribution is 2.66. The molecule has 2 N–H and O–H groups in total. The van der Waals surface area contributed by atoms with Crippen molar-refractivity contribution in [3.05, 3.63) is 0 Å². The first-order valence-electron chi connectivity index (χ1n) is 5.08. The van der Waals surface area contributed by atoms with Crippen molar-refractivity contribution in [1.29, 1.82) is 0 Å². The average molecular weight is 279 g/mol. The van der Waals surface area contributed by atoms with E-state index in [9.17, 15) is 0 Å². The average Bonchev–Trinajstić information content (AvgIpc) is 2.03. The third-order valence-electron chi connectivity index (χ3n) is 4.10. The predicted molar refractivity (Wildman–Crippen MR) is 60.4 cm³/mol. The lowest BCUT2D eigenvalue weighted by molar-refractivity contribution is -0.138. The Morgan fingerprint density at radius 3 is 2.75 bits per heavy atom. The SMILES string of the molecule is NCCC12CCC1C(CCI)C2. The van der Waals surface area contributed by atoms with Gasteiger partial charge in [-0.3, -0.25) is 0 Å². The standard InChI is InChI=1S/C10H18IN/c11-5-2-8-7-10(4-6-12)3-1-9(8)10/h8-9H,1-7,12H2. The number of rotatable bonds is 4. The van der Waals surface area contributed by atoms with E-state index in [1.165, 1.54) is 36.5 Å². The van der Waals surface area contributed by atoms with Gasteiger partial charge in [-0.1, -0.05) is 22.6 Å². The van der Waals surface area contributed by atoms with Gasteiger partial charge in [-0.05, 0) is 60.3 Å². The maximum absolute atomic E-state index is 5.64. The van der Waals surface area contributed by atoms with Crippen molar-refractivity contribution in [1.82, 2.24) is 0 Å². The molecule has 0 heterocycles. The van der Waals surface area contributed by atoms with Crippen LogP contribution < -0.4 is 5.73 Å². The third-order valence-corrected chi connectivity index (χ3v) is 4.72. The molecule has 0 amide bonds. The Morgan fingerprint density at radius 2 is 2.33 bits per heavy atom. The number of hydrogen-bond acceptors (Lipinski definition) is 1. The highest BCUT2D eigenvalue weighted by molar-refractivity contribution is 14.1. The summed E-state index contributed by atoms with van der Waals surface area (Å²) in [5.41, 5.74) is 6.39. The first-order valence-corrected chi connectivity index (χ1v) is 6.61. The quantitative estimate of drug-likeness (QED) is 0.621. The Labute approximate surface area is 88.6 Å². The molecule has 0 aromatic rings. The zero-order valence-corrected chi connectivity index (χ0v) is 9.72. The van der Waals surface area contributed by atoms with Crippen LogP contribution >= 0.6 is 22.6 Å². The molecule has 2 aliphatic rings. The predicted octanol–water partition coefficient (Wildman–Crippen LogP) is 2.58. The van der Waals surface area contributed by atoms with Crippen molar-refractivity contribution in [2.75, 3.05) is 11.0 Å². The Hall–Kier alpha value is 0.690. The van der Waals surface area contributed by atoms with E-state index >= 15 is 0 Å². The summed E-state index contributed by atoms with van der Waals surface area (Å²) in [4.78, 5) is 0. The van der Waals surface area contributed by atoms with Crippen molar-refractivity contribution >= 4 is 22.6 Å². The maximum atomic E-state index is 5.64. The van der Waals surface area contributed by atoms with Gasteiger partial charge in [0.15, 0.2) is 0 Å². The molecular weight excluding hydrogens is 261 g/mol. The largest absolute Gasteiger partial charge is 0.330 e. The molecule has 70 valence electrons. The van der Waals surface area contributed by atoms with Crippen molar-refractivity contribution in [2.24, 2.45) is 23.0 Å². The fourth-order valence-corrected chi connectivity index (χ4v) is 4.16. The summed E-state index contributed by atoms with van der Waals surface area (Å²) >= 11 is 2.50. The summed E-state index contributed by atoms with van der Waals surface area (Å²) < 4.78 is 1.34. The van der Waals surface area contributed by atoms with Gasteiger partial charge in [0.1, 0.15) is 0 Å². The number of hydrogen-bond donors (Lipinski definition) is 1. The lowest BCUT2D eigenvalue weighted by atomic mass is 9.41. The van der Waals surface area contributed by atoms with E-state index in [1.807, 2.05) is 0 Å². The molecule has 0 bridgehead atoms. The zero-order valence-electron chi connectivity index (χ0n) is 7.56. The first kappa shape index (κ1) is 9.25. The van der Waals surface area contributed by atoms with Gasteiger partial charge in [0.25, 0.3) is 0 Å². The second-order valence-electron chi connectivity index (χ2n) is 4.49. The number of nitrogens with two attached hydrogens (primary N) is 1. The summed E-state index contributed by atoms with van der Waals surface area (Å²) in [6.45, 7) is 0.910. The van der Waals surface area contributed by atoms with E-state index in [1.54, 1.807) is 0 Å². The minimum absolute atomic E-state index is 0.755. The van der Waals surface area contributed by atoms with Gasteiger partial charge < -0.3 is 5.73 Å². The van der Waals surface area contributed by atoms with Crippen molar-refractivity contribution in [2.45, 2.75) is 32.1 Å². The van der Waals surface area contributed by atoms with Gasteiger partial charge in [0.2, 0.25) is 0 Å². The van der Waals surface area contributed by atoms with Crippen LogP contribution in [0.3, 0.4) is 0 Å². The summed E-state index contributed by atoms with van der Waals surface area (Å²) in [5, 5.41) is 0. The minimum atomic E-state index is 0.755. The Balaban J connectivity index is 1.84. The molecule has 0 aliphatic heterocycles. The van der Waals surface area contributed by atoms with Gasteiger partial charge >= 0.3 is 0 Å². The highest BCUT2D eigenvalue weighted by atomic mass is 127. The second kappa shape index (κ2) is 3.45. The van der Waals surface area contributed by atoms with Crippen LogP contribution in [-0.2, 0) is 0 Å². The number of fused-ring (bicyclic) bond motifs is 1. The molecule has 0 saturated heterocycles. The number of halogens is 1. The van der Waals surface area contributed by atoms with E-state index in [-0.39, 0.29) is 0 Å². The summed E-state index contributed by atoms with van der Waals surface area (Å²) in [7, 11) is 0. The molecule has 2 rings (SSSR count). The molecule has 12 heavy (non-hydrogen) atoms. The lowest BCUT2D eigenvalue weighted by Gasteiger charge is -2.64. The molecule has 3 unspecified atom stereocenters. The molecular formula is C10H18IN. The summed E-state index contributed by atoms with van der Waals surface area (Å²) in [6.07, 6.45) is 7.23. The van der Waals surface area contributed by atoms with Crippen LogP contribution in [0.25, 0.3) is 0 Å². The molecule has 2 saturated carbocycles. The van der Waals surface area contributed by atoms with Crippen molar-refractivity contribution in [3.8, 4) is 0 Å². The fourth-order valence-electron chi connectivity index (χ4n) is 3.36. The van der Waals surface area contributed by atoms with E-state index in [4.69, 9.17) is 5.73 Å². The summed E-state index contributed by atoms with van der Waals surface area (Å²) in [5.74, 6) is 2.15. The zero-order chi connectivity index (χ0) is 8.60. The van der Waals surface area contributed by atoms with E-state index < -0.39 is 0 Å². The van der Waals surface area contributed by atoms with Crippen LogP contribution in [0, 0.1) is 17.3 Å². The van der Waals surface area contributed by atoms with Crippen molar-refractivity contribution < 1.29 is 0 Å². The van der Waals surface area contributed by atoms with Crippen LogP contribution in [0.2, 0.25) is 0 Å². The Bertz CT molecular complexity index is 171. The molecule has 0 aromatic heterocycles. The molecule has 0 radical (unpaired) electrons. The van der Waals surface area contributed by atoms with E-state index in [0.717, 1.165) is 23.8 Å². The summed E-state index contributed by atoms with van der Waals surface area (Å²) in [6, 6.07) is 0. The smallest absolute Gasteiger partial charge is 0.000198 e. The molecule has 3 atom stereocenters. The third kappa shape index (κ3) is 1.22. The van der Waals surface area contributed by atoms with Gasteiger partial charge in [-0.25, -0.2) is 0 Å². The maximum Gasteiger partial charge on any atom is -0.000198 e. The topological polar surface area (TPSA) is 26.0 Å². The first-order chi connectivity index (χ1) is 5.82. The van der Waals surface area contributed by atoms with E-state index in [0.29, 0.717) is 0 Å². The van der Waals surface area contributed by atoms with Crippen LogP contribution in [-0.4, -0.2) is 11.0 Å². The molecule has 2 aliphatic carbocycles. The highest BCUT2D eigenvalue weighted by Gasteiger charge is 2.57. The van der Waals surface area contributed by atoms with Crippen LogP contribution in [0.15, 0.2) is 0 Å². The monoisotopic (exact) mass is 279 g/mol. The van der Waals surface area contributed by atoms with Crippen LogP contribution in [0.4, 0.5) is 0 Å². The van der Waals surface area contributed by atoms with Gasteiger partial charge in [0, 0.05) is 0 Å². The fraction of sp³-hybridized carbons (Fsp3) is 1.00. The van der Waals surface area contributed by atoms with Crippen LogP contribution in [0.1, 0.15) is 32.1 Å². The minimum Gasteiger partial charge on any atom is -0.330 e. The van der Waals surface area contributed by atoms with Gasteiger partial charge in [-0.2, -0.15) is 0 Å². The van der Waals surface area contributed by atoms with Crippen LogP contribution in [0.5, 0.6) is 0 Å². The number of alkyl halides is 1. The van der Waals surface area contributed by atoms with Gasteiger partial charge in [0.05, 0.1) is 0 Å². The van der Waals surface area contributed by atoms with Crippen molar-refractivity contribution in [3.63, 3.8) is 0 Å². The molecule has 0 aromatic carbocycles. The van der Waals surface area contributed by atoms with E-state index in [2.05, 4.69) is 22.6 Å². The molecule has 2 fully saturated rings. The lowest BCUT2D eigenvalue weighted by Crippen LogP contribution is -2.56. The Kier molecular flexibility index (Phi) is 2.66. The molecule has 2 heteroatoms. The molecule has 0 spiro atoms.